The van der Waals surface area contributed by atoms with Crippen LogP contribution in [0.1, 0.15) is 36.8 Å². The molecular weight excluding hydrogens is 424 g/mol. The van der Waals surface area contributed by atoms with E-state index in [-0.39, 0.29) is 37.3 Å². The fraction of sp³-hybridized carbons (Fsp3) is 0.400. The van der Waals surface area contributed by atoms with Crippen LogP contribution >= 0.6 is 0 Å². The Hall–Kier alpha value is -3.39. The first kappa shape index (κ1) is 22.8. The molecule has 1 heterocycles. The minimum absolute atomic E-state index is 0.0300. The molecule has 2 aromatic carbocycles. The number of carboxylic acid groups (broad SMARTS) is 1. The number of carbonyl (C=O) groups is 3. The zero-order valence-corrected chi connectivity index (χ0v) is 18.5. The van der Waals surface area contributed by atoms with Crippen LogP contribution in [0.2, 0.25) is 0 Å². The average molecular weight is 453 g/mol. The normalized spacial score (nSPS) is 19.9. The molecule has 8 nitrogen and oxygen atoms in total. The fourth-order valence-electron chi connectivity index (χ4n) is 4.60. The van der Waals surface area contributed by atoms with Crippen LogP contribution in [0.25, 0.3) is 11.1 Å². The van der Waals surface area contributed by atoms with Gasteiger partial charge in [-0.15, -0.1) is 0 Å². The number of ether oxygens (including phenoxy) is 2. The molecule has 2 aliphatic rings. The predicted molar refractivity (Wildman–Crippen MR) is 121 cm³/mol. The summed E-state index contributed by atoms with van der Waals surface area (Å²) in [5.41, 5.74) is 4.58. The van der Waals surface area contributed by atoms with Crippen LogP contribution in [0.3, 0.4) is 0 Å². The second-order valence-electron chi connectivity index (χ2n) is 8.56. The summed E-state index contributed by atoms with van der Waals surface area (Å²) < 4.78 is 10.7. The summed E-state index contributed by atoms with van der Waals surface area (Å²) in [6.07, 6.45) is -0.811. The van der Waals surface area contributed by atoms with Crippen molar-refractivity contribution in [2.75, 3.05) is 19.8 Å². The summed E-state index contributed by atoms with van der Waals surface area (Å²) in [5, 5.41) is 14.6. The van der Waals surface area contributed by atoms with Gasteiger partial charge < -0.3 is 25.2 Å². The van der Waals surface area contributed by atoms with E-state index >= 15 is 0 Å². The van der Waals surface area contributed by atoms with Gasteiger partial charge in [0.1, 0.15) is 6.61 Å². The molecule has 0 spiro atoms. The highest BCUT2D eigenvalue weighted by atomic mass is 16.5. The Kier molecular flexibility index (Phi) is 6.93. The van der Waals surface area contributed by atoms with E-state index in [1.807, 2.05) is 24.3 Å². The molecular formula is C25H28N2O6. The van der Waals surface area contributed by atoms with E-state index in [0.717, 1.165) is 22.3 Å². The SMILES string of the molecule is CC(CC(=O)NCC1CCOC1C(=O)O)NC(=O)OCC1c2ccccc2-c2ccccc21. The lowest BCUT2D eigenvalue weighted by atomic mass is 9.98. The quantitative estimate of drug-likeness (QED) is 0.568. The van der Waals surface area contributed by atoms with Crippen LogP contribution < -0.4 is 10.6 Å². The number of nitrogens with one attached hydrogen (secondary N) is 2. The van der Waals surface area contributed by atoms with E-state index in [4.69, 9.17) is 14.6 Å². The first-order chi connectivity index (χ1) is 15.9. The molecule has 1 aliphatic heterocycles. The van der Waals surface area contributed by atoms with Crippen molar-refractivity contribution in [1.82, 2.24) is 10.6 Å². The second-order valence-corrected chi connectivity index (χ2v) is 8.56. The fourth-order valence-corrected chi connectivity index (χ4v) is 4.60. The number of fused-ring (bicyclic) bond motifs is 3. The van der Waals surface area contributed by atoms with E-state index in [0.29, 0.717) is 13.0 Å². The van der Waals surface area contributed by atoms with Gasteiger partial charge in [0.25, 0.3) is 0 Å². The lowest BCUT2D eigenvalue weighted by Crippen LogP contribution is -2.40. The van der Waals surface area contributed by atoms with Crippen molar-refractivity contribution in [3.8, 4) is 11.1 Å². The number of rotatable bonds is 8. The average Bonchev–Trinajstić information content (AvgIpc) is 3.39. The van der Waals surface area contributed by atoms with E-state index in [1.165, 1.54) is 0 Å². The first-order valence-electron chi connectivity index (χ1n) is 11.2. The summed E-state index contributed by atoms with van der Waals surface area (Å²) in [5.74, 6) is -1.57. The van der Waals surface area contributed by atoms with Crippen LogP contribution in [0.15, 0.2) is 48.5 Å². The van der Waals surface area contributed by atoms with Crippen molar-refractivity contribution in [2.45, 2.75) is 37.8 Å². The Bertz CT molecular complexity index is 994. The van der Waals surface area contributed by atoms with E-state index < -0.39 is 24.2 Å². The maximum Gasteiger partial charge on any atom is 0.407 e. The van der Waals surface area contributed by atoms with Crippen molar-refractivity contribution in [2.24, 2.45) is 5.92 Å². The van der Waals surface area contributed by atoms with E-state index in [2.05, 4.69) is 34.9 Å². The molecule has 0 bridgehead atoms. The molecule has 2 aromatic rings. The van der Waals surface area contributed by atoms with E-state index in [1.54, 1.807) is 6.92 Å². The molecule has 4 rings (SSSR count). The van der Waals surface area contributed by atoms with Crippen LogP contribution in [0.4, 0.5) is 4.79 Å². The van der Waals surface area contributed by atoms with Gasteiger partial charge in [-0.25, -0.2) is 9.59 Å². The molecule has 174 valence electrons. The largest absolute Gasteiger partial charge is 0.479 e. The van der Waals surface area contributed by atoms with Gasteiger partial charge in [0.2, 0.25) is 5.91 Å². The van der Waals surface area contributed by atoms with Crippen LogP contribution in [-0.4, -0.2) is 55.0 Å². The molecule has 3 atom stereocenters. The molecule has 1 saturated heterocycles. The van der Waals surface area contributed by atoms with Gasteiger partial charge in [0.15, 0.2) is 6.10 Å². The third-order valence-corrected chi connectivity index (χ3v) is 6.22. The van der Waals surface area contributed by atoms with Crippen LogP contribution in [0, 0.1) is 5.92 Å². The monoisotopic (exact) mass is 452 g/mol. The van der Waals surface area contributed by atoms with Crippen LogP contribution in [-0.2, 0) is 19.1 Å². The van der Waals surface area contributed by atoms with Crippen LogP contribution in [0.5, 0.6) is 0 Å². The van der Waals surface area contributed by atoms with E-state index in [9.17, 15) is 14.4 Å². The van der Waals surface area contributed by atoms with Gasteiger partial charge in [-0.2, -0.15) is 0 Å². The first-order valence-corrected chi connectivity index (χ1v) is 11.2. The number of hydrogen-bond donors (Lipinski definition) is 3. The van der Waals surface area contributed by atoms with Crippen molar-refractivity contribution in [3.63, 3.8) is 0 Å². The van der Waals surface area contributed by atoms with Gasteiger partial charge in [-0.05, 0) is 35.6 Å². The lowest BCUT2D eigenvalue weighted by Gasteiger charge is -2.18. The Morgan fingerprint density at radius 1 is 1.09 bits per heavy atom. The van der Waals surface area contributed by atoms with Crippen molar-refractivity contribution in [1.29, 1.82) is 0 Å². The number of aliphatic carboxylic acids is 1. The number of amides is 2. The number of alkyl carbamates (subject to hydrolysis) is 1. The third-order valence-electron chi connectivity index (χ3n) is 6.22. The molecule has 0 saturated carbocycles. The molecule has 8 heteroatoms. The topological polar surface area (TPSA) is 114 Å². The summed E-state index contributed by atoms with van der Waals surface area (Å²) in [6, 6.07) is 15.8. The van der Waals surface area contributed by atoms with Gasteiger partial charge in [0.05, 0.1) is 0 Å². The van der Waals surface area contributed by atoms with Gasteiger partial charge in [-0.1, -0.05) is 48.5 Å². The van der Waals surface area contributed by atoms with Gasteiger partial charge in [-0.3, -0.25) is 4.79 Å². The smallest absolute Gasteiger partial charge is 0.407 e. The summed E-state index contributed by atoms with van der Waals surface area (Å²) in [6.45, 7) is 2.53. The molecule has 0 aromatic heterocycles. The maximum atomic E-state index is 12.4. The standard InChI is InChI=1S/C25H28N2O6/c1-15(12-22(28)26-13-16-10-11-32-23(16)24(29)30)27-25(31)33-14-21-19-8-4-2-6-17(19)18-7-3-5-9-20(18)21/h2-9,15-16,21,23H,10-14H2,1H3,(H,26,28)(H,27,31)(H,29,30). The number of benzene rings is 2. The zero-order chi connectivity index (χ0) is 23.4. The highest BCUT2D eigenvalue weighted by Crippen LogP contribution is 2.44. The minimum Gasteiger partial charge on any atom is -0.479 e. The Morgan fingerprint density at radius 3 is 2.36 bits per heavy atom. The van der Waals surface area contributed by atoms with Gasteiger partial charge in [0, 0.05) is 37.5 Å². The zero-order valence-electron chi connectivity index (χ0n) is 18.5. The van der Waals surface area contributed by atoms with Gasteiger partial charge >= 0.3 is 12.1 Å². The molecule has 0 radical (unpaired) electrons. The number of carbonyl (C=O) groups excluding carboxylic acids is 2. The number of hydrogen-bond acceptors (Lipinski definition) is 5. The highest BCUT2D eigenvalue weighted by Gasteiger charge is 2.34. The predicted octanol–water partition coefficient (Wildman–Crippen LogP) is 2.91. The summed E-state index contributed by atoms with van der Waals surface area (Å²) in [4.78, 5) is 35.7. The van der Waals surface area contributed by atoms with Crippen molar-refractivity contribution < 1.29 is 29.0 Å². The molecule has 3 unspecified atom stereocenters. The lowest BCUT2D eigenvalue weighted by molar-refractivity contribution is -0.149. The summed E-state index contributed by atoms with van der Waals surface area (Å²) >= 11 is 0. The molecule has 2 amide bonds. The third kappa shape index (κ3) is 5.17. The molecule has 1 fully saturated rings. The minimum atomic E-state index is -1.02. The number of carboxylic acids is 1. The Labute approximate surface area is 192 Å². The molecule has 1 aliphatic carbocycles. The Morgan fingerprint density at radius 2 is 1.73 bits per heavy atom. The molecule has 3 N–H and O–H groups in total. The molecule has 33 heavy (non-hydrogen) atoms. The Balaban J connectivity index is 1.24. The summed E-state index contributed by atoms with van der Waals surface area (Å²) in [7, 11) is 0. The maximum absolute atomic E-state index is 12.4. The van der Waals surface area contributed by atoms with Crippen molar-refractivity contribution in [3.05, 3.63) is 59.7 Å². The van der Waals surface area contributed by atoms with Crippen molar-refractivity contribution >= 4 is 18.0 Å². The second kappa shape index (κ2) is 10.0. The highest BCUT2D eigenvalue weighted by molar-refractivity contribution is 5.80.